The van der Waals surface area contributed by atoms with Gasteiger partial charge in [-0.2, -0.15) is 28.1 Å². The van der Waals surface area contributed by atoms with Crippen LogP contribution in [-0.2, 0) is 0 Å². The lowest BCUT2D eigenvalue weighted by molar-refractivity contribution is -0.151. The van der Waals surface area contributed by atoms with Crippen molar-refractivity contribution in [2.45, 2.75) is 37.4 Å². The van der Waals surface area contributed by atoms with Crippen molar-refractivity contribution in [2.75, 3.05) is 28.7 Å². The molecule has 0 unspecified atom stereocenters. The van der Waals surface area contributed by atoms with Crippen molar-refractivity contribution in [3.8, 4) is 0 Å². The Kier molecular flexibility index (Phi) is 3.27. The molecule has 2 fully saturated rings. The highest BCUT2D eigenvalue weighted by Crippen LogP contribution is 2.50. The molecule has 21 heavy (non-hydrogen) atoms. The molecule has 1 saturated carbocycles. The molecule has 116 valence electrons. The zero-order valence-corrected chi connectivity index (χ0v) is 11.2. The second-order valence-electron chi connectivity index (χ2n) is 5.33. The molecule has 1 aromatic heterocycles. The Morgan fingerprint density at radius 1 is 1.05 bits per heavy atom. The van der Waals surface area contributed by atoms with Crippen molar-refractivity contribution in [1.29, 1.82) is 0 Å². The van der Waals surface area contributed by atoms with E-state index in [4.69, 9.17) is 5.84 Å². The molecule has 0 bridgehead atoms. The first-order chi connectivity index (χ1) is 9.93. The molecule has 1 aromatic rings. The van der Waals surface area contributed by atoms with E-state index in [1.54, 1.807) is 0 Å². The minimum Gasteiger partial charge on any atom is -0.341 e. The van der Waals surface area contributed by atoms with Gasteiger partial charge in [-0.1, -0.05) is 0 Å². The highest BCUT2D eigenvalue weighted by molar-refractivity contribution is 5.46. The molecule has 4 N–H and O–H groups in total. The van der Waals surface area contributed by atoms with Gasteiger partial charge in [-0.3, -0.25) is 5.43 Å². The SMILES string of the molecule is NNc1nc(NC2(C(F)(F)F)CC2)nc(N2CCCC2)n1. The summed E-state index contributed by atoms with van der Waals surface area (Å²) in [6.45, 7) is 1.55. The third-order valence-corrected chi connectivity index (χ3v) is 3.79. The molecular weight excluding hydrogens is 287 g/mol. The quantitative estimate of drug-likeness (QED) is 0.569. The zero-order chi connectivity index (χ0) is 15.1. The maximum absolute atomic E-state index is 13.0. The zero-order valence-electron chi connectivity index (χ0n) is 11.2. The van der Waals surface area contributed by atoms with E-state index in [0.717, 1.165) is 25.9 Å². The molecule has 0 radical (unpaired) electrons. The van der Waals surface area contributed by atoms with Gasteiger partial charge in [0.05, 0.1) is 0 Å². The lowest BCUT2D eigenvalue weighted by Gasteiger charge is -2.22. The Balaban J connectivity index is 1.86. The Morgan fingerprint density at radius 3 is 2.19 bits per heavy atom. The molecule has 7 nitrogen and oxygen atoms in total. The first kappa shape index (κ1) is 14.1. The fourth-order valence-electron chi connectivity index (χ4n) is 2.36. The lowest BCUT2D eigenvalue weighted by Crippen LogP contribution is -2.39. The summed E-state index contributed by atoms with van der Waals surface area (Å²) < 4.78 is 38.9. The Labute approximate surface area is 119 Å². The number of alkyl halides is 3. The second kappa shape index (κ2) is 4.86. The monoisotopic (exact) mass is 303 g/mol. The van der Waals surface area contributed by atoms with Gasteiger partial charge in [0, 0.05) is 13.1 Å². The van der Waals surface area contributed by atoms with Crippen molar-refractivity contribution in [3.63, 3.8) is 0 Å². The topological polar surface area (TPSA) is 92.0 Å². The molecule has 3 rings (SSSR count). The summed E-state index contributed by atoms with van der Waals surface area (Å²) in [4.78, 5) is 14.0. The lowest BCUT2D eigenvalue weighted by atomic mass is 10.3. The van der Waals surface area contributed by atoms with E-state index < -0.39 is 11.7 Å². The summed E-state index contributed by atoms with van der Waals surface area (Å²) in [7, 11) is 0. The molecule has 1 aliphatic heterocycles. The Hall–Kier alpha value is -1.84. The van der Waals surface area contributed by atoms with E-state index in [2.05, 4.69) is 25.7 Å². The molecular formula is C11H16F3N7. The van der Waals surface area contributed by atoms with Crippen LogP contribution in [0.4, 0.5) is 31.0 Å². The summed E-state index contributed by atoms with van der Waals surface area (Å²) in [6, 6.07) is 0. The van der Waals surface area contributed by atoms with Crippen LogP contribution < -0.4 is 21.5 Å². The van der Waals surface area contributed by atoms with Gasteiger partial charge in [-0.05, 0) is 25.7 Å². The average molecular weight is 303 g/mol. The highest BCUT2D eigenvalue weighted by Gasteiger charge is 2.64. The first-order valence-corrected chi connectivity index (χ1v) is 6.76. The summed E-state index contributed by atoms with van der Waals surface area (Å²) in [5, 5.41) is 2.40. The smallest absolute Gasteiger partial charge is 0.341 e. The molecule has 0 amide bonds. The minimum atomic E-state index is -4.33. The molecule has 1 saturated heterocycles. The van der Waals surface area contributed by atoms with Gasteiger partial charge in [-0.25, -0.2) is 5.84 Å². The minimum absolute atomic E-state index is 0.0205. The predicted molar refractivity (Wildman–Crippen MR) is 70.7 cm³/mol. The summed E-state index contributed by atoms with van der Waals surface area (Å²) in [5.74, 6) is 5.57. The third-order valence-electron chi connectivity index (χ3n) is 3.79. The van der Waals surface area contributed by atoms with Gasteiger partial charge in [0.2, 0.25) is 17.8 Å². The number of nitrogens with two attached hydrogens (primary N) is 1. The molecule has 2 aliphatic rings. The summed E-state index contributed by atoms with van der Waals surface area (Å²) in [6.07, 6.45) is -2.28. The summed E-state index contributed by atoms with van der Waals surface area (Å²) >= 11 is 0. The number of hydrazine groups is 1. The molecule has 0 aromatic carbocycles. The van der Waals surface area contributed by atoms with Crippen molar-refractivity contribution >= 4 is 17.8 Å². The number of aromatic nitrogens is 3. The number of nitrogens with one attached hydrogen (secondary N) is 2. The highest BCUT2D eigenvalue weighted by atomic mass is 19.4. The Bertz CT molecular complexity index is 523. The Morgan fingerprint density at radius 2 is 1.67 bits per heavy atom. The van der Waals surface area contributed by atoms with E-state index in [9.17, 15) is 13.2 Å². The van der Waals surface area contributed by atoms with Crippen LogP contribution in [0.1, 0.15) is 25.7 Å². The average Bonchev–Trinajstić information content (AvgIpc) is 3.03. The fraction of sp³-hybridized carbons (Fsp3) is 0.727. The standard InChI is InChI=1S/C11H16F3N7/c12-11(13,14)10(3-4-10)19-7-16-8(20-15)18-9(17-7)21-5-1-2-6-21/h1-6,15H2,(H2,16,17,18,19,20). The van der Waals surface area contributed by atoms with Crippen molar-refractivity contribution in [2.24, 2.45) is 5.84 Å². The van der Waals surface area contributed by atoms with Crippen LogP contribution >= 0.6 is 0 Å². The van der Waals surface area contributed by atoms with Crippen LogP contribution in [0, 0.1) is 0 Å². The predicted octanol–water partition coefficient (Wildman–Crippen LogP) is 1.26. The number of rotatable bonds is 4. The van der Waals surface area contributed by atoms with Crippen molar-refractivity contribution in [1.82, 2.24) is 15.0 Å². The van der Waals surface area contributed by atoms with Gasteiger partial charge in [0.1, 0.15) is 5.54 Å². The van der Waals surface area contributed by atoms with Gasteiger partial charge >= 0.3 is 6.18 Å². The van der Waals surface area contributed by atoms with E-state index >= 15 is 0 Å². The molecule has 0 atom stereocenters. The summed E-state index contributed by atoms with van der Waals surface area (Å²) in [5.41, 5.74) is 0.352. The van der Waals surface area contributed by atoms with E-state index in [1.165, 1.54) is 0 Å². The van der Waals surface area contributed by atoms with Gasteiger partial charge in [-0.15, -0.1) is 0 Å². The van der Waals surface area contributed by atoms with Gasteiger partial charge in [0.25, 0.3) is 0 Å². The normalized spacial score (nSPS) is 20.5. The maximum atomic E-state index is 13.0. The van der Waals surface area contributed by atoms with Gasteiger partial charge in [0.15, 0.2) is 0 Å². The van der Waals surface area contributed by atoms with Crippen LogP contribution in [0.25, 0.3) is 0 Å². The maximum Gasteiger partial charge on any atom is 0.411 e. The van der Waals surface area contributed by atoms with Crippen LogP contribution in [-0.4, -0.2) is 39.8 Å². The van der Waals surface area contributed by atoms with E-state index in [1.807, 2.05) is 4.90 Å². The molecule has 2 heterocycles. The fourth-order valence-corrected chi connectivity index (χ4v) is 2.36. The van der Waals surface area contributed by atoms with Crippen LogP contribution in [0.2, 0.25) is 0 Å². The number of nitrogens with zero attached hydrogens (tertiary/aromatic N) is 4. The van der Waals surface area contributed by atoms with E-state index in [0.29, 0.717) is 5.95 Å². The van der Waals surface area contributed by atoms with Crippen LogP contribution in [0.5, 0.6) is 0 Å². The number of hydrogen-bond donors (Lipinski definition) is 3. The number of anilines is 3. The van der Waals surface area contributed by atoms with Gasteiger partial charge < -0.3 is 10.2 Å². The first-order valence-electron chi connectivity index (χ1n) is 6.76. The van der Waals surface area contributed by atoms with Crippen molar-refractivity contribution in [3.05, 3.63) is 0 Å². The van der Waals surface area contributed by atoms with Crippen LogP contribution in [0.15, 0.2) is 0 Å². The third kappa shape index (κ3) is 2.67. The van der Waals surface area contributed by atoms with E-state index in [-0.39, 0.29) is 24.7 Å². The molecule has 10 heteroatoms. The largest absolute Gasteiger partial charge is 0.411 e. The number of hydrogen-bond acceptors (Lipinski definition) is 7. The molecule has 0 spiro atoms. The van der Waals surface area contributed by atoms with Crippen LogP contribution in [0.3, 0.4) is 0 Å². The second-order valence-corrected chi connectivity index (χ2v) is 5.33. The number of halogens is 3. The number of nitrogen functional groups attached to an aromatic ring is 1. The van der Waals surface area contributed by atoms with Crippen molar-refractivity contribution < 1.29 is 13.2 Å². The molecule has 1 aliphatic carbocycles.